The van der Waals surface area contributed by atoms with Gasteiger partial charge in [0, 0.05) is 13.2 Å². The third-order valence-electron chi connectivity index (χ3n) is 4.04. The molecule has 2 unspecified atom stereocenters. The van der Waals surface area contributed by atoms with E-state index in [1.54, 1.807) is 11.3 Å². The Morgan fingerprint density at radius 1 is 1.35 bits per heavy atom. The highest BCUT2D eigenvalue weighted by molar-refractivity contribution is 7.16. The number of hydrogen-bond acceptors (Lipinski definition) is 7. The fraction of sp³-hybridized carbons (Fsp3) is 0.538. The van der Waals surface area contributed by atoms with Crippen LogP contribution in [-0.4, -0.2) is 28.2 Å². The summed E-state index contributed by atoms with van der Waals surface area (Å²) in [4.78, 5) is 9.62. The van der Waals surface area contributed by atoms with Crippen LogP contribution in [0.2, 0.25) is 0 Å². The van der Waals surface area contributed by atoms with Gasteiger partial charge in [-0.25, -0.2) is 10.8 Å². The Hall–Kier alpha value is -1.44. The minimum atomic E-state index is 0.277. The monoisotopic (exact) mass is 293 g/mol. The molecule has 7 heteroatoms. The standard InChI is InChI=1S/C13H19N5OS/c14-18-13-16-11(10-4-5-20-12(10)17-13)15-6-8-2-1-3-9(8)7-19/h4-5,8-9,19H,1-3,6-7,14H2,(H2,15,16,17,18). The van der Waals surface area contributed by atoms with Gasteiger partial charge in [0.25, 0.3) is 0 Å². The number of hydrogen-bond donors (Lipinski definition) is 4. The summed E-state index contributed by atoms with van der Waals surface area (Å²) in [5.74, 6) is 7.57. The topological polar surface area (TPSA) is 96.1 Å². The summed E-state index contributed by atoms with van der Waals surface area (Å²) in [7, 11) is 0. The van der Waals surface area contributed by atoms with E-state index in [0.29, 0.717) is 17.8 Å². The Morgan fingerprint density at radius 3 is 3.00 bits per heavy atom. The molecule has 1 aliphatic rings. The first-order valence-electron chi connectivity index (χ1n) is 6.88. The number of aliphatic hydroxyl groups excluding tert-OH is 1. The molecule has 0 saturated heterocycles. The lowest BCUT2D eigenvalue weighted by molar-refractivity contribution is 0.199. The highest BCUT2D eigenvalue weighted by Gasteiger charge is 2.26. The molecule has 0 bridgehead atoms. The summed E-state index contributed by atoms with van der Waals surface area (Å²) in [6.07, 6.45) is 3.49. The molecule has 0 amide bonds. The Bertz CT molecular complexity index is 587. The number of hydrazine groups is 1. The summed E-state index contributed by atoms with van der Waals surface area (Å²) < 4.78 is 0. The van der Waals surface area contributed by atoms with Gasteiger partial charge in [0.15, 0.2) is 0 Å². The summed E-state index contributed by atoms with van der Waals surface area (Å²) in [5.41, 5.74) is 2.50. The fourth-order valence-electron chi connectivity index (χ4n) is 2.91. The van der Waals surface area contributed by atoms with Gasteiger partial charge < -0.3 is 10.4 Å². The molecule has 0 aliphatic heterocycles. The summed E-state index contributed by atoms with van der Waals surface area (Å²) >= 11 is 1.57. The zero-order valence-electron chi connectivity index (χ0n) is 11.2. The van der Waals surface area contributed by atoms with Crippen LogP contribution < -0.4 is 16.6 Å². The van der Waals surface area contributed by atoms with Gasteiger partial charge >= 0.3 is 0 Å². The van der Waals surface area contributed by atoms with Crippen molar-refractivity contribution in [1.29, 1.82) is 0 Å². The Kier molecular flexibility index (Phi) is 4.00. The van der Waals surface area contributed by atoms with E-state index in [1.165, 1.54) is 6.42 Å². The first-order chi connectivity index (χ1) is 9.81. The highest BCUT2D eigenvalue weighted by atomic mass is 32.1. The van der Waals surface area contributed by atoms with Crippen molar-refractivity contribution in [2.75, 3.05) is 23.9 Å². The number of nitrogen functional groups attached to an aromatic ring is 1. The lowest BCUT2D eigenvalue weighted by atomic mass is 9.97. The van der Waals surface area contributed by atoms with Gasteiger partial charge in [0.2, 0.25) is 5.95 Å². The Balaban J connectivity index is 1.78. The summed E-state index contributed by atoms with van der Waals surface area (Å²) in [5, 5.41) is 15.8. The fourth-order valence-corrected chi connectivity index (χ4v) is 3.67. The van der Waals surface area contributed by atoms with Crippen LogP contribution >= 0.6 is 11.3 Å². The van der Waals surface area contributed by atoms with Crippen molar-refractivity contribution in [3.63, 3.8) is 0 Å². The van der Waals surface area contributed by atoms with E-state index in [2.05, 4.69) is 20.7 Å². The summed E-state index contributed by atoms with van der Waals surface area (Å²) in [6, 6.07) is 2.01. The summed E-state index contributed by atoms with van der Waals surface area (Å²) in [6.45, 7) is 1.11. The number of aromatic nitrogens is 2. The second-order valence-corrected chi connectivity index (χ2v) is 6.09. The molecule has 2 aromatic heterocycles. The highest BCUT2D eigenvalue weighted by Crippen LogP contribution is 2.32. The second kappa shape index (κ2) is 5.90. The smallest absolute Gasteiger partial charge is 0.240 e. The van der Waals surface area contributed by atoms with Gasteiger partial charge in [-0.2, -0.15) is 4.98 Å². The lowest BCUT2D eigenvalue weighted by Gasteiger charge is -2.18. The van der Waals surface area contributed by atoms with Crippen molar-refractivity contribution in [1.82, 2.24) is 9.97 Å². The predicted molar refractivity (Wildman–Crippen MR) is 81.6 cm³/mol. The Labute approximate surface area is 121 Å². The predicted octanol–water partition coefficient (Wildman–Crippen LogP) is 1.80. The Morgan fingerprint density at radius 2 is 2.20 bits per heavy atom. The number of nitrogens with one attached hydrogen (secondary N) is 2. The van der Waals surface area contributed by atoms with E-state index in [-0.39, 0.29) is 6.61 Å². The maximum atomic E-state index is 9.38. The first-order valence-corrected chi connectivity index (χ1v) is 7.76. The maximum Gasteiger partial charge on any atom is 0.240 e. The average Bonchev–Trinajstić information content (AvgIpc) is 3.12. The third kappa shape index (κ3) is 2.56. The molecule has 5 N–H and O–H groups in total. The number of fused-ring (bicyclic) bond motifs is 1. The van der Waals surface area contributed by atoms with Crippen molar-refractivity contribution < 1.29 is 5.11 Å². The van der Waals surface area contributed by atoms with Crippen molar-refractivity contribution in [3.05, 3.63) is 11.4 Å². The molecule has 1 aliphatic carbocycles. The van der Waals surface area contributed by atoms with E-state index in [9.17, 15) is 5.11 Å². The third-order valence-corrected chi connectivity index (χ3v) is 4.84. The van der Waals surface area contributed by atoms with Gasteiger partial charge in [-0.15, -0.1) is 11.3 Å². The number of nitrogens with two attached hydrogens (primary N) is 1. The van der Waals surface area contributed by atoms with E-state index in [4.69, 9.17) is 5.84 Å². The molecule has 3 rings (SSSR count). The average molecular weight is 293 g/mol. The van der Waals surface area contributed by atoms with Gasteiger partial charge in [0.1, 0.15) is 10.6 Å². The number of aliphatic hydroxyl groups is 1. The largest absolute Gasteiger partial charge is 0.396 e. The number of nitrogens with zero attached hydrogens (tertiary/aromatic N) is 2. The van der Waals surface area contributed by atoms with Crippen LogP contribution in [0.3, 0.4) is 0 Å². The molecular formula is C13H19N5OS. The lowest BCUT2D eigenvalue weighted by Crippen LogP contribution is -2.21. The molecule has 0 aromatic carbocycles. The zero-order chi connectivity index (χ0) is 13.9. The van der Waals surface area contributed by atoms with Gasteiger partial charge in [-0.3, -0.25) is 5.43 Å². The molecular weight excluding hydrogens is 274 g/mol. The minimum Gasteiger partial charge on any atom is -0.396 e. The van der Waals surface area contributed by atoms with Crippen LogP contribution in [0.1, 0.15) is 19.3 Å². The van der Waals surface area contributed by atoms with Crippen molar-refractivity contribution in [2.24, 2.45) is 17.7 Å². The van der Waals surface area contributed by atoms with Crippen molar-refractivity contribution in [2.45, 2.75) is 19.3 Å². The normalized spacial score (nSPS) is 22.3. The molecule has 1 fully saturated rings. The molecule has 0 spiro atoms. The quantitative estimate of drug-likeness (QED) is 0.496. The number of rotatable bonds is 5. The SMILES string of the molecule is NNc1nc(NCC2CCCC2CO)c2ccsc2n1. The molecule has 108 valence electrons. The molecule has 1 saturated carbocycles. The second-order valence-electron chi connectivity index (χ2n) is 5.19. The van der Waals surface area contributed by atoms with Crippen LogP contribution in [0, 0.1) is 11.8 Å². The number of thiophene rings is 1. The van der Waals surface area contributed by atoms with Gasteiger partial charge in [-0.1, -0.05) is 6.42 Å². The van der Waals surface area contributed by atoms with Crippen LogP contribution in [0.25, 0.3) is 10.2 Å². The molecule has 2 aromatic rings. The molecule has 2 heterocycles. The minimum absolute atomic E-state index is 0.277. The molecule has 6 nitrogen and oxygen atoms in total. The van der Waals surface area contributed by atoms with E-state index >= 15 is 0 Å². The van der Waals surface area contributed by atoms with Gasteiger partial charge in [0.05, 0.1) is 5.39 Å². The molecule has 20 heavy (non-hydrogen) atoms. The van der Waals surface area contributed by atoms with E-state index < -0.39 is 0 Å². The molecule has 2 atom stereocenters. The first kappa shape index (κ1) is 13.5. The van der Waals surface area contributed by atoms with Crippen LogP contribution in [0.4, 0.5) is 11.8 Å². The maximum absolute atomic E-state index is 9.38. The van der Waals surface area contributed by atoms with Crippen LogP contribution in [0.15, 0.2) is 11.4 Å². The molecule has 0 radical (unpaired) electrons. The van der Waals surface area contributed by atoms with Crippen LogP contribution in [0.5, 0.6) is 0 Å². The zero-order valence-corrected chi connectivity index (χ0v) is 12.0. The number of anilines is 2. The van der Waals surface area contributed by atoms with Crippen molar-refractivity contribution >= 4 is 33.3 Å². The van der Waals surface area contributed by atoms with E-state index in [1.807, 2.05) is 11.4 Å². The van der Waals surface area contributed by atoms with Crippen molar-refractivity contribution in [3.8, 4) is 0 Å². The van der Waals surface area contributed by atoms with E-state index in [0.717, 1.165) is 35.4 Å². The van der Waals surface area contributed by atoms with Crippen LogP contribution in [-0.2, 0) is 0 Å². The van der Waals surface area contributed by atoms with Gasteiger partial charge in [-0.05, 0) is 36.1 Å².